The second kappa shape index (κ2) is 4.93. The number of nitrogens with one attached hydrogen (secondary N) is 2. The number of fused-ring (bicyclic) bond motifs is 1. The topological polar surface area (TPSA) is 61.5 Å². The summed E-state index contributed by atoms with van der Waals surface area (Å²) in [6, 6.07) is 10.2. The molecular weight excluding hydrogens is 258 g/mol. The number of thioether (sulfide) groups is 1. The minimum absolute atomic E-state index is 0.117. The number of benzene rings is 1. The highest BCUT2D eigenvalue weighted by molar-refractivity contribution is 7.98. The Balaban J connectivity index is 2.10. The van der Waals surface area contributed by atoms with Crippen molar-refractivity contribution in [3.8, 4) is 0 Å². The molecule has 5 heteroatoms. The molecule has 19 heavy (non-hydrogen) atoms. The van der Waals surface area contributed by atoms with Gasteiger partial charge in [0.2, 0.25) is 0 Å². The number of nitrogens with zero attached hydrogens (tertiary/aromatic N) is 1. The van der Waals surface area contributed by atoms with E-state index in [-0.39, 0.29) is 5.56 Å². The van der Waals surface area contributed by atoms with E-state index < -0.39 is 0 Å². The van der Waals surface area contributed by atoms with Crippen molar-refractivity contribution in [1.29, 1.82) is 0 Å². The number of aromatic amines is 2. The maximum atomic E-state index is 11.9. The van der Waals surface area contributed by atoms with Gasteiger partial charge < -0.3 is 4.98 Å². The molecule has 4 nitrogen and oxygen atoms in total. The van der Waals surface area contributed by atoms with E-state index in [1.165, 1.54) is 17.3 Å². The molecule has 0 radical (unpaired) electrons. The quantitative estimate of drug-likeness (QED) is 0.568. The van der Waals surface area contributed by atoms with E-state index in [0.29, 0.717) is 10.7 Å². The van der Waals surface area contributed by atoms with Gasteiger partial charge in [-0.25, -0.2) is 4.98 Å². The predicted molar refractivity (Wildman–Crippen MR) is 77.7 cm³/mol. The van der Waals surface area contributed by atoms with Gasteiger partial charge in [0.05, 0.1) is 0 Å². The molecular formula is C14H13N3OS. The van der Waals surface area contributed by atoms with Crippen LogP contribution in [-0.4, -0.2) is 21.2 Å². The van der Waals surface area contributed by atoms with E-state index in [2.05, 4.69) is 27.1 Å². The van der Waals surface area contributed by atoms with Crippen LogP contribution in [0.25, 0.3) is 11.0 Å². The smallest absolute Gasteiger partial charge is 0.275 e. The molecule has 0 fully saturated rings. The maximum Gasteiger partial charge on any atom is 0.275 e. The zero-order chi connectivity index (χ0) is 13.2. The van der Waals surface area contributed by atoms with Gasteiger partial charge in [-0.15, -0.1) is 0 Å². The molecule has 0 aliphatic rings. The van der Waals surface area contributed by atoms with Gasteiger partial charge in [0.15, 0.2) is 5.16 Å². The van der Waals surface area contributed by atoms with Gasteiger partial charge in [-0.05, 0) is 11.8 Å². The van der Waals surface area contributed by atoms with E-state index in [9.17, 15) is 4.79 Å². The summed E-state index contributed by atoms with van der Waals surface area (Å²) >= 11 is 1.44. The Morgan fingerprint density at radius 2 is 2.05 bits per heavy atom. The summed E-state index contributed by atoms with van der Waals surface area (Å²) in [5.41, 5.74) is 3.44. The van der Waals surface area contributed by atoms with Crippen LogP contribution in [0.5, 0.6) is 0 Å². The molecule has 2 N–H and O–H groups in total. The fraction of sp³-hybridized carbons (Fsp3) is 0.143. The molecule has 0 aliphatic carbocycles. The SMILES string of the molecule is CSc1nc2c(Cc3ccccc3)c[nH]c2c(=O)[nH]1. The van der Waals surface area contributed by atoms with Gasteiger partial charge in [-0.3, -0.25) is 9.78 Å². The molecule has 3 aromatic rings. The second-order valence-electron chi connectivity index (χ2n) is 4.28. The van der Waals surface area contributed by atoms with Crippen molar-refractivity contribution in [2.75, 3.05) is 6.26 Å². The Bertz CT molecular complexity index is 761. The number of H-pyrrole nitrogens is 2. The van der Waals surface area contributed by atoms with Crippen LogP contribution in [0.4, 0.5) is 0 Å². The van der Waals surface area contributed by atoms with E-state index in [0.717, 1.165) is 17.5 Å². The molecule has 2 aromatic heterocycles. The van der Waals surface area contributed by atoms with Crippen molar-refractivity contribution < 1.29 is 0 Å². The largest absolute Gasteiger partial charge is 0.355 e. The first-order valence-corrected chi connectivity index (χ1v) is 7.18. The van der Waals surface area contributed by atoms with Crippen LogP contribution in [0.15, 0.2) is 46.5 Å². The molecule has 1 aromatic carbocycles. The summed E-state index contributed by atoms with van der Waals surface area (Å²) in [4.78, 5) is 22.1. The summed E-state index contributed by atoms with van der Waals surface area (Å²) in [5, 5.41) is 0.645. The Kier molecular flexibility index (Phi) is 3.13. The molecule has 0 bridgehead atoms. The molecule has 0 amide bonds. The summed E-state index contributed by atoms with van der Waals surface area (Å²) in [7, 11) is 0. The van der Waals surface area contributed by atoms with Gasteiger partial charge in [-0.2, -0.15) is 0 Å². The first-order chi connectivity index (χ1) is 9.28. The first kappa shape index (κ1) is 12.0. The van der Waals surface area contributed by atoms with Crippen LogP contribution >= 0.6 is 11.8 Å². The molecule has 0 spiro atoms. The fourth-order valence-corrected chi connectivity index (χ4v) is 2.47. The summed E-state index contributed by atoms with van der Waals surface area (Å²) in [6.45, 7) is 0. The van der Waals surface area contributed by atoms with Crippen molar-refractivity contribution in [2.45, 2.75) is 11.6 Å². The Hall–Kier alpha value is -2.01. The molecule has 0 saturated heterocycles. The van der Waals surface area contributed by atoms with Crippen molar-refractivity contribution in [2.24, 2.45) is 0 Å². The lowest BCUT2D eigenvalue weighted by atomic mass is 10.1. The molecule has 2 heterocycles. The van der Waals surface area contributed by atoms with E-state index in [1.54, 1.807) is 0 Å². The Labute approximate surface area is 114 Å². The van der Waals surface area contributed by atoms with Gasteiger partial charge in [0, 0.05) is 18.2 Å². The van der Waals surface area contributed by atoms with Crippen LogP contribution in [0.2, 0.25) is 0 Å². The van der Waals surface area contributed by atoms with Gasteiger partial charge >= 0.3 is 0 Å². The molecule has 0 aliphatic heterocycles. The number of hydrogen-bond donors (Lipinski definition) is 2. The minimum Gasteiger partial charge on any atom is -0.355 e. The average Bonchev–Trinajstić information content (AvgIpc) is 2.83. The number of aromatic nitrogens is 3. The Morgan fingerprint density at radius 1 is 1.26 bits per heavy atom. The van der Waals surface area contributed by atoms with Gasteiger partial charge in [-0.1, -0.05) is 42.1 Å². The lowest BCUT2D eigenvalue weighted by Crippen LogP contribution is -2.08. The molecule has 96 valence electrons. The third-order valence-electron chi connectivity index (χ3n) is 3.02. The zero-order valence-electron chi connectivity index (χ0n) is 10.4. The van der Waals surface area contributed by atoms with Crippen LogP contribution in [0.3, 0.4) is 0 Å². The summed E-state index contributed by atoms with van der Waals surface area (Å²) in [5.74, 6) is 0. The fourth-order valence-electron chi connectivity index (χ4n) is 2.09. The van der Waals surface area contributed by atoms with E-state index >= 15 is 0 Å². The van der Waals surface area contributed by atoms with Crippen LogP contribution in [0.1, 0.15) is 11.1 Å². The zero-order valence-corrected chi connectivity index (χ0v) is 11.3. The predicted octanol–water partition coefficient (Wildman–Crippen LogP) is 2.56. The summed E-state index contributed by atoms with van der Waals surface area (Å²) in [6.07, 6.45) is 4.53. The molecule has 0 unspecified atom stereocenters. The lowest BCUT2D eigenvalue weighted by Gasteiger charge is -2.00. The molecule has 3 rings (SSSR count). The average molecular weight is 271 g/mol. The third kappa shape index (κ3) is 2.29. The molecule has 0 atom stereocenters. The van der Waals surface area contributed by atoms with Crippen molar-refractivity contribution in [3.05, 3.63) is 58.0 Å². The van der Waals surface area contributed by atoms with Crippen LogP contribution < -0.4 is 5.56 Å². The second-order valence-corrected chi connectivity index (χ2v) is 5.07. The van der Waals surface area contributed by atoms with E-state index in [1.807, 2.05) is 30.7 Å². The van der Waals surface area contributed by atoms with E-state index in [4.69, 9.17) is 0 Å². The van der Waals surface area contributed by atoms with Crippen molar-refractivity contribution in [3.63, 3.8) is 0 Å². The summed E-state index contributed by atoms with van der Waals surface area (Å²) < 4.78 is 0. The van der Waals surface area contributed by atoms with Crippen molar-refractivity contribution in [1.82, 2.24) is 15.0 Å². The molecule has 0 saturated carbocycles. The Morgan fingerprint density at radius 3 is 2.79 bits per heavy atom. The number of hydrogen-bond acceptors (Lipinski definition) is 3. The minimum atomic E-state index is -0.117. The maximum absolute atomic E-state index is 11.9. The van der Waals surface area contributed by atoms with Crippen LogP contribution in [-0.2, 0) is 6.42 Å². The normalized spacial score (nSPS) is 11.0. The third-order valence-corrected chi connectivity index (χ3v) is 3.60. The van der Waals surface area contributed by atoms with Crippen LogP contribution in [0, 0.1) is 0 Å². The standard InChI is InChI=1S/C14H13N3OS/c1-19-14-16-11-10(7-9-5-3-2-4-6-9)8-15-12(11)13(18)17-14/h2-6,8,15H,7H2,1H3,(H,16,17,18). The first-order valence-electron chi connectivity index (χ1n) is 5.96. The van der Waals surface area contributed by atoms with Gasteiger partial charge in [0.1, 0.15) is 11.0 Å². The lowest BCUT2D eigenvalue weighted by molar-refractivity contribution is 0.972. The number of rotatable bonds is 3. The highest BCUT2D eigenvalue weighted by Crippen LogP contribution is 2.18. The van der Waals surface area contributed by atoms with Crippen molar-refractivity contribution >= 4 is 22.8 Å². The highest BCUT2D eigenvalue weighted by Gasteiger charge is 2.10. The van der Waals surface area contributed by atoms with Gasteiger partial charge in [0.25, 0.3) is 5.56 Å². The highest BCUT2D eigenvalue weighted by atomic mass is 32.2. The monoisotopic (exact) mass is 271 g/mol.